The fourth-order valence-electron chi connectivity index (χ4n) is 3.37. The number of amides is 2. The molecule has 0 N–H and O–H groups in total. The summed E-state index contributed by atoms with van der Waals surface area (Å²) in [5.41, 5.74) is 4.62. The molecule has 29 heavy (non-hydrogen) atoms. The fourth-order valence-corrected chi connectivity index (χ4v) is 4.44. The van der Waals surface area contributed by atoms with Crippen LogP contribution < -0.4 is 0 Å². The summed E-state index contributed by atoms with van der Waals surface area (Å²) in [4.78, 5) is 38.0. The summed E-state index contributed by atoms with van der Waals surface area (Å²) in [5, 5.41) is 0.188. The number of carbonyl (C=O) groups excluding carboxylic acids is 3. The molecule has 1 aliphatic heterocycles. The zero-order chi connectivity index (χ0) is 21.5. The Morgan fingerprint density at radius 2 is 1.93 bits per heavy atom. The van der Waals surface area contributed by atoms with Crippen LogP contribution in [0.4, 0.5) is 4.79 Å². The number of nitrogens with zero attached hydrogens (tertiary/aromatic N) is 2. The van der Waals surface area contributed by atoms with Crippen molar-refractivity contribution in [3.8, 4) is 5.69 Å². The number of methoxy groups -OCH3 is 1. The lowest BCUT2D eigenvalue weighted by Crippen LogP contribution is -2.42. The van der Waals surface area contributed by atoms with Gasteiger partial charge in [0.25, 0.3) is 11.1 Å². The lowest BCUT2D eigenvalue weighted by molar-refractivity contribution is -0.148. The molecule has 1 atom stereocenters. The number of ether oxygens (including phenoxy) is 1. The Morgan fingerprint density at radius 1 is 1.24 bits per heavy atom. The van der Waals surface area contributed by atoms with Crippen molar-refractivity contribution in [2.45, 2.75) is 33.7 Å². The van der Waals surface area contributed by atoms with Gasteiger partial charge in [-0.3, -0.25) is 14.5 Å². The van der Waals surface area contributed by atoms with Crippen LogP contribution in [0.5, 0.6) is 0 Å². The zero-order valence-electron chi connectivity index (χ0n) is 16.8. The molecule has 1 saturated heterocycles. The second kappa shape index (κ2) is 8.08. The zero-order valence-corrected chi connectivity index (χ0v) is 18.4. The molecule has 8 heteroatoms. The number of aromatic nitrogens is 1. The lowest BCUT2D eigenvalue weighted by Gasteiger charge is -2.18. The Bertz CT molecular complexity index is 1060. The molecule has 1 aromatic carbocycles. The maximum atomic E-state index is 12.7. The molecule has 152 valence electrons. The molecule has 2 aromatic rings. The average molecular weight is 433 g/mol. The number of benzene rings is 1. The van der Waals surface area contributed by atoms with Gasteiger partial charge in [0, 0.05) is 22.1 Å². The van der Waals surface area contributed by atoms with Crippen LogP contribution in [-0.4, -0.2) is 39.7 Å². The Morgan fingerprint density at radius 3 is 2.59 bits per heavy atom. The number of imide groups is 1. The highest BCUT2D eigenvalue weighted by Crippen LogP contribution is 2.35. The van der Waals surface area contributed by atoms with Gasteiger partial charge in [0.15, 0.2) is 0 Å². The van der Waals surface area contributed by atoms with E-state index in [0.717, 1.165) is 44.9 Å². The van der Waals surface area contributed by atoms with Crippen molar-refractivity contribution < 1.29 is 19.1 Å². The van der Waals surface area contributed by atoms with Crippen LogP contribution in [0.15, 0.2) is 29.2 Å². The number of aryl methyl sites for hydroxylation is 1. The van der Waals surface area contributed by atoms with E-state index in [0.29, 0.717) is 5.02 Å². The van der Waals surface area contributed by atoms with E-state index in [1.54, 1.807) is 6.08 Å². The maximum absolute atomic E-state index is 12.7. The summed E-state index contributed by atoms with van der Waals surface area (Å²) in [5.74, 6) is -1.13. The normalized spacial score (nSPS) is 16.6. The molecular formula is C21H21ClN2O4S. The lowest BCUT2D eigenvalue weighted by atomic mass is 10.2. The minimum Gasteiger partial charge on any atom is -0.467 e. The smallest absolute Gasteiger partial charge is 0.328 e. The van der Waals surface area contributed by atoms with Crippen LogP contribution in [0.1, 0.15) is 29.4 Å². The van der Waals surface area contributed by atoms with E-state index in [2.05, 4.69) is 9.30 Å². The predicted molar refractivity (Wildman–Crippen MR) is 114 cm³/mol. The van der Waals surface area contributed by atoms with E-state index in [9.17, 15) is 14.4 Å². The maximum Gasteiger partial charge on any atom is 0.328 e. The van der Waals surface area contributed by atoms with E-state index in [4.69, 9.17) is 11.6 Å². The van der Waals surface area contributed by atoms with E-state index >= 15 is 0 Å². The van der Waals surface area contributed by atoms with Gasteiger partial charge >= 0.3 is 5.97 Å². The molecule has 1 aromatic heterocycles. The van der Waals surface area contributed by atoms with Crippen molar-refractivity contribution in [3.05, 3.63) is 56.7 Å². The Balaban J connectivity index is 2.00. The van der Waals surface area contributed by atoms with Gasteiger partial charge in [-0.15, -0.1) is 0 Å². The van der Waals surface area contributed by atoms with Crippen molar-refractivity contribution in [2.75, 3.05) is 7.11 Å². The second-order valence-corrected chi connectivity index (χ2v) is 8.20. The highest BCUT2D eigenvalue weighted by molar-refractivity contribution is 8.18. The van der Waals surface area contributed by atoms with Gasteiger partial charge in [-0.2, -0.15) is 0 Å². The van der Waals surface area contributed by atoms with Crippen molar-refractivity contribution in [3.63, 3.8) is 0 Å². The number of halogens is 1. The molecule has 2 amide bonds. The Labute approximate surface area is 178 Å². The fraction of sp³-hybridized carbons (Fsp3) is 0.286. The number of carbonyl (C=O) groups is 3. The van der Waals surface area contributed by atoms with Crippen LogP contribution in [-0.2, 0) is 14.3 Å². The predicted octanol–water partition coefficient (Wildman–Crippen LogP) is 4.65. The molecule has 0 aliphatic carbocycles. The molecule has 2 heterocycles. The summed E-state index contributed by atoms with van der Waals surface area (Å²) >= 11 is 7.10. The third kappa shape index (κ3) is 3.72. The third-order valence-electron chi connectivity index (χ3n) is 4.99. The monoisotopic (exact) mass is 432 g/mol. The number of hydrogen-bond donors (Lipinski definition) is 0. The first-order valence-electron chi connectivity index (χ1n) is 8.96. The van der Waals surface area contributed by atoms with E-state index in [1.807, 2.05) is 45.0 Å². The van der Waals surface area contributed by atoms with Crippen molar-refractivity contribution in [1.82, 2.24) is 9.47 Å². The minimum absolute atomic E-state index is 0.272. The molecule has 3 rings (SSSR count). The standard InChI is InChI=1S/C21H21ClN2O4S/c1-11-9-15(13(3)23(11)17-8-6-7-16(22)12(17)2)10-18-19(25)24(21(27)29-18)14(4)20(26)28-5/h6-10,14H,1-5H3/b18-10+/t14-/m0/s1. The van der Waals surface area contributed by atoms with Gasteiger partial charge in [0.2, 0.25) is 0 Å². The van der Waals surface area contributed by atoms with Gasteiger partial charge in [-0.1, -0.05) is 17.7 Å². The van der Waals surface area contributed by atoms with Crippen molar-refractivity contribution in [2.24, 2.45) is 0 Å². The molecule has 0 unspecified atom stereocenters. The second-order valence-electron chi connectivity index (χ2n) is 6.80. The number of rotatable bonds is 4. The van der Waals surface area contributed by atoms with Gasteiger partial charge in [-0.25, -0.2) is 4.79 Å². The van der Waals surface area contributed by atoms with E-state index < -0.39 is 23.2 Å². The summed E-state index contributed by atoms with van der Waals surface area (Å²) in [6, 6.07) is 6.70. The van der Waals surface area contributed by atoms with Gasteiger partial charge in [0.1, 0.15) is 6.04 Å². The average Bonchev–Trinajstić information content (AvgIpc) is 3.11. The number of hydrogen-bond acceptors (Lipinski definition) is 5. The van der Waals surface area contributed by atoms with Gasteiger partial charge < -0.3 is 9.30 Å². The van der Waals surface area contributed by atoms with Crippen LogP contribution in [0.2, 0.25) is 5.02 Å². The highest BCUT2D eigenvalue weighted by Gasteiger charge is 2.41. The van der Waals surface area contributed by atoms with Crippen LogP contribution in [0.3, 0.4) is 0 Å². The van der Waals surface area contributed by atoms with E-state index in [-0.39, 0.29) is 4.91 Å². The molecule has 0 bridgehead atoms. The molecule has 1 aliphatic rings. The van der Waals surface area contributed by atoms with E-state index in [1.165, 1.54) is 14.0 Å². The first-order valence-corrected chi connectivity index (χ1v) is 10.2. The Hall–Kier alpha value is -2.51. The molecular weight excluding hydrogens is 412 g/mol. The third-order valence-corrected chi connectivity index (χ3v) is 6.28. The molecule has 1 fully saturated rings. The molecule has 0 saturated carbocycles. The summed E-state index contributed by atoms with van der Waals surface area (Å²) in [6.45, 7) is 7.34. The van der Waals surface area contributed by atoms with Crippen molar-refractivity contribution in [1.29, 1.82) is 0 Å². The SMILES string of the molecule is COC(=O)[C@H](C)N1C(=O)S/C(=C/c2cc(C)n(-c3cccc(Cl)c3C)c2C)C1=O. The van der Waals surface area contributed by atoms with Crippen LogP contribution in [0, 0.1) is 20.8 Å². The largest absolute Gasteiger partial charge is 0.467 e. The van der Waals surface area contributed by atoms with Crippen molar-refractivity contribution >= 4 is 46.6 Å². The van der Waals surface area contributed by atoms with Gasteiger partial charge in [0.05, 0.1) is 12.0 Å². The summed E-state index contributed by atoms with van der Waals surface area (Å²) < 4.78 is 6.72. The topological polar surface area (TPSA) is 68.6 Å². The first-order chi connectivity index (χ1) is 13.7. The quantitative estimate of drug-likeness (QED) is 0.519. The first kappa shape index (κ1) is 21.2. The van der Waals surface area contributed by atoms with Crippen LogP contribution >= 0.6 is 23.4 Å². The summed E-state index contributed by atoms with van der Waals surface area (Å²) in [6.07, 6.45) is 1.69. The minimum atomic E-state index is -0.972. The molecule has 6 nitrogen and oxygen atoms in total. The van der Waals surface area contributed by atoms with Gasteiger partial charge in [-0.05, 0) is 74.9 Å². The number of thioether (sulfide) groups is 1. The van der Waals surface area contributed by atoms with Crippen LogP contribution in [0.25, 0.3) is 11.8 Å². The Kier molecular flexibility index (Phi) is 5.91. The highest BCUT2D eigenvalue weighted by atomic mass is 35.5. The number of esters is 1. The molecule has 0 radical (unpaired) electrons. The molecule has 0 spiro atoms. The summed E-state index contributed by atoms with van der Waals surface area (Å²) in [7, 11) is 1.22.